The van der Waals surface area contributed by atoms with Crippen molar-refractivity contribution in [2.24, 2.45) is 11.8 Å². The van der Waals surface area contributed by atoms with Crippen LogP contribution in [0.2, 0.25) is 0 Å². The van der Waals surface area contributed by atoms with Gasteiger partial charge in [0.1, 0.15) is 11.2 Å². The standard InChI is InChI=1S/C21H28N4O4/c26-18-5-3-4-17(23-18)19(27)22-16-8-21(6-1-2-7-25(21)11-16)20(28)24-9-14-12-29-13-15(14)10-24/h3-5,14-16H,1-2,6-13H2,(H,22,27)(H,23,26)/t14-,15+,16-,21+/m0/s1. The molecule has 0 saturated carbocycles. The van der Waals surface area contributed by atoms with Crippen molar-refractivity contribution in [1.29, 1.82) is 0 Å². The number of carbonyl (C=O) groups is 2. The van der Waals surface area contributed by atoms with E-state index >= 15 is 0 Å². The Morgan fingerprint density at radius 2 is 1.93 bits per heavy atom. The minimum atomic E-state index is -0.500. The van der Waals surface area contributed by atoms with Crippen LogP contribution in [0.1, 0.15) is 36.2 Å². The van der Waals surface area contributed by atoms with E-state index in [1.54, 1.807) is 12.1 Å². The van der Waals surface area contributed by atoms with Gasteiger partial charge < -0.3 is 19.9 Å². The fraction of sp³-hybridized carbons (Fsp3) is 0.667. The van der Waals surface area contributed by atoms with E-state index in [0.29, 0.717) is 24.8 Å². The normalized spacial score (nSPS) is 34.1. The number of fused-ring (bicyclic) bond motifs is 2. The van der Waals surface area contributed by atoms with Crippen LogP contribution in [-0.2, 0) is 9.53 Å². The molecule has 2 N–H and O–H groups in total. The lowest BCUT2D eigenvalue weighted by atomic mass is 9.84. The molecule has 0 aliphatic carbocycles. The highest BCUT2D eigenvalue weighted by Crippen LogP contribution is 2.41. The Bertz CT molecular complexity index is 858. The average Bonchev–Trinajstić information content (AvgIpc) is 3.40. The summed E-state index contributed by atoms with van der Waals surface area (Å²) in [4.78, 5) is 44.7. The van der Waals surface area contributed by atoms with Gasteiger partial charge in [0.15, 0.2) is 0 Å². The zero-order valence-corrected chi connectivity index (χ0v) is 16.6. The van der Waals surface area contributed by atoms with Crippen LogP contribution in [-0.4, -0.2) is 77.6 Å². The van der Waals surface area contributed by atoms with Crippen LogP contribution in [0.15, 0.2) is 23.0 Å². The van der Waals surface area contributed by atoms with Gasteiger partial charge in [-0.3, -0.25) is 19.3 Å². The van der Waals surface area contributed by atoms with Gasteiger partial charge in [0.2, 0.25) is 11.5 Å². The predicted octanol–water partition coefficient (Wildman–Crippen LogP) is 0.207. The first kappa shape index (κ1) is 18.8. The fourth-order valence-electron chi connectivity index (χ4n) is 5.74. The summed E-state index contributed by atoms with van der Waals surface area (Å²) in [5, 5.41) is 3.05. The van der Waals surface area contributed by atoms with E-state index in [4.69, 9.17) is 4.74 Å². The van der Waals surface area contributed by atoms with Gasteiger partial charge in [0.25, 0.3) is 5.91 Å². The Morgan fingerprint density at radius 3 is 2.69 bits per heavy atom. The van der Waals surface area contributed by atoms with Gasteiger partial charge in [-0.2, -0.15) is 0 Å². The maximum Gasteiger partial charge on any atom is 0.268 e. The molecule has 5 heterocycles. The van der Waals surface area contributed by atoms with Gasteiger partial charge in [0, 0.05) is 43.6 Å². The first-order chi connectivity index (χ1) is 14.0. The summed E-state index contributed by atoms with van der Waals surface area (Å²) >= 11 is 0. The van der Waals surface area contributed by atoms with E-state index in [0.717, 1.165) is 52.1 Å². The van der Waals surface area contributed by atoms with Crippen LogP contribution in [0.4, 0.5) is 0 Å². The number of H-pyrrole nitrogens is 1. The molecule has 4 fully saturated rings. The van der Waals surface area contributed by atoms with Gasteiger partial charge >= 0.3 is 0 Å². The first-order valence-corrected chi connectivity index (χ1v) is 10.7. The lowest BCUT2D eigenvalue weighted by molar-refractivity contribution is -0.144. The Morgan fingerprint density at radius 1 is 1.14 bits per heavy atom. The van der Waals surface area contributed by atoms with E-state index in [1.807, 2.05) is 0 Å². The van der Waals surface area contributed by atoms with Gasteiger partial charge in [0.05, 0.1) is 13.2 Å². The lowest BCUT2D eigenvalue weighted by Gasteiger charge is -2.43. The van der Waals surface area contributed by atoms with E-state index in [9.17, 15) is 14.4 Å². The summed E-state index contributed by atoms with van der Waals surface area (Å²) in [6, 6.07) is 4.46. The number of likely N-dealkylation sites (tertiary alicyclic amines) is 1. The molecule has 4 saturated heterocycles. The van der Waals surface area contributed by atoms with Crippen LogP contribution in [0.25, 0.3) is 0 Å². The van der Waals surface area contributed by atoms with Gasteiger partial charge in [-0.25, -0.2) is 0 Å². The fourth-order valence-corrected chi connectivity index (χ4v) is 5.74. The molecule has 1 aromatic heterocycles. The number of hydrogen-bond acceptors (Lipinski definition) is 5. The Hall–Kier alpha value is -2.19. The molecule has 0 unspecified atom stereocenters. The zero-order valence-electron chi connectivity index (χ0n) is 16.6. The number of pyridine rings is 1. The topological polar surface area (TPSA) is 94.7 Å². The second-order valence-electron chi connectivity index (χ2n) is 9.01. The van der Waals surface area contributed by atoms with Gasteiger partial charge in [-0.15, -0.1) is 0 Å². The molecule has 0 aromatic carbocycles. The average molecular weight is 400 g/mol. The van der Waals surface area contributed by atoms with Crippen molar-refractivity contribution in [1.82, 2.24) is 20.1 Å². The van der Waals surface area contributed by atoms with Crippen LogP contribution in [0.5, 0.6) is 0 Å². The van der Waals surface area contributed by atoms with Crippen molar-refractivity contribution >= 4 is 11.8 Å². The molecule has 5 rings (SSSR count). The number of ether oxygens (including phenoxy) is 1. The largest absolute Gasteiger partial charge is 0.381 e. The molecule has 0 radical (unpaired) electrons. The summed E-state index contributed by atoms with van der Waals surface area (Å²) in [5.41, 5.74) is -0.536. The smallest absolute Gasteiger partial charge is 0.268 e. The summed E-state index contributed by atoms with van der Waals surface area (Å²) in [7, 11) is 0. The Labute approximate surface area is 169 Å². The third kappa shape index (κ3) is 3.28. The monoisotopic (exact) mass is 400 g/mol. The van der Waals surface area contributed by atoms with Crippen molar-refractivity contribution in [3.63, 3.8) is 0 Å². The minimum Gasteiger partial charge on any atom is -0.381 e. The van der Waals surface area contributed by atoms with E-state index < -0.39 is 5.54 Å². The third-order valence-electron chi connectivity index (χ3n) is 7.17. The number of nitrogens with one attached hydrogen (secondary N) is 2. The van der Waals surface area contributed by atoms with Crippen LogP contribution < -0.4 is 10.9 Å². The third-order valence-corrected chi connectivity index (χ3v) is 7.17. The number of amides is 2. The quantitative estimate of drug-likeness (QED) is 0.756. The number of rotatable bonds is 3. The molecule has 29 heavy (non-hydrogen) atoms. The van der Waals surface area contributed by atoms with Crippen molar-refractivity contribution in [2.75, 3.05) is 39.4 Å². The number of piperidine rings is 1. The molecule has 156 valence electrons. The van der Waals surface area contributed by atoms with Gasteiger partial charge in [-0.05, 0) is 38.3 Å². The number of nitrogens with zero attached hydrogens (tertiary/aromatic N) is 2. The predicted molar refractivity (Wildman–Crippen MR) is 105 cm³/mol. The molecule has 0 spiro atoms. The van der Waals surface area contributed by atoms with Crippen LogP contribution >= 0.6 is 0 Å². The summed E-state index contributed by atoms with van der Waals surface area (Å²) in [5.74, 6) is 0.887. The maximum atomic E-state index is 13.7. The highest BCUT2D eigenvalue weighted by molar-refractivity contribution is 5.93. The Kier molecular flexibility index (Phi) is 4.70. The van der Waals surface area contributed by atoms with Crippen molar-refractivity contribution in [2.45, 2.75) is 37.3 Å². The van der Waals surface area contributed by atoms with Crippen molar-refractivity contribution in [3.05, 3.63) is 34.2 Å². The van der Waals surface area contributed by atoms with Crippen LogP contribution in [0, 0.1) is 11.8 Å². The van der Waals surface area contributed by atoms with Crippen LogP contribution in [0.3, 0.4) is 0 Å². The molecule has 0 bridgehead atoms. The van der Waals surface area contributed by atoms with E-state index in [2.05, 4.69) is 20.1 Å². The zero-order chi connectivity index (χ0) is 20.0. The molecule has 4 aliphatic rings. The molecule has 4 aliphatic heterocycles. The highest BCUT2D eigenvalue weighted by atomic mass is 16.5. The molecule has 8 heteroatoms. The molecule has 4 atom stereocenters. The SMILES string of the molecule is O=C(N[C@@H]1CN2CCCC[C@]2(C(=O)N2C[C@H]3COC[C@H]3C2)C1)c1cccc(=O)[nH]1. The number of hydrogen-bond donors (Lipinski definition) is 2. The van der Waals surface area contributed by atoms with Crippen molar-refractivity contribution < 1.29 is 14.3 Å². The van der Waals surface area contributed by atoms with E-state index in [1.165, 1.54) is 6.07 Å². The highest BCUT2D eigenvalue weighted by Gasteiger charge is 2.55. The maximum absolute atomic E-state index is 13.7. The summed E-state index contributed by atoms with van der Waals surface area (Å²) in [6.07, 6.45) is 3.61. The first-order valence-electron chi connectivity index (χ1n) is 10.7. The molecule has 2 amide bonds. The Balaban J connectivity index is 1.31. The number of aromatic nitrogens is 1. The second-order valence-corrected chi connectivity index (χ2v) is 9.01. The summed E-state index contributed by atoms with van der Waals surface area (Å²) < 4.78 is 5.56. The second kappa shape index (κ2) is 7.25. The molecule has 1 aromatic rings. The lowest BCUT2D eigenvalue weighted by Crippen LogP contribution is -2.58. The van der Waals surface area contributed by atoms with Crippen molar-refractivity contribution in [3.8, 4) is 0 Å². The molecule has 8 nitrogen and oxygen atoms in total. The summed E-state index contributed by atoms with van der Waals surface area (Å²) in [6.45, 7) is 4.68. The molecular formula is C21H28N4O4. The molecular weight excluding hydrogens is 372 g/mol. The van der Waals surface area contributed by atoms with Gasteiger partial charge in [-0.1, -0.05) is 6.07 Å². The number of carbonyl (C=O) groups excluding carboxylic acids is 2. The van der Waals surface area contributed by atoms with E-state index in [-0.39, 0.29) is 29.1 Å². The minimum absolute atomic E-state index is 0.0984. The number of aromatic amines is 1.